The summed E-state index contributed by atoms with van der Waals surface area (Å²) in [5.74, 6) is 0. The Morgan fingerprint density at radius 2 is 2.08 bits per heavy atom. The van der Waals surface area contributed by atoms with E-state index in [0.29, 0.717) is 12.1 Å². The maximum absolute atomic E-state index is 4.98. The van der Waals surface area contributed by atoms with E-state index < -0.39 is 0 Å². The van der Waals surface area contributed by atoms with Crippen LogP contribution in [0.3, 0.4) is 0 Å². The van der Waals surface area contributed by atoms with Gasteiger partial charge in [0.2, 0.25) is 0 Å². The fraction of sp³-hybridized carbons (Fsp3) is 0.400. The molecule has 1 aromatic carbocycles. The standard InChI is InChI=1S/C20H22N4S/c1-13-7-14(2)19-18(8-13)25-20(22-19)24-12-16-9-17(24)11-23(16)10-15-5-3-4-6-21-15/h3-8,16-17H,9-12H2,1-2H3. The SMILES string of the molecule is Cc1cc(C)c2nc(N3CC4CC3CN4Cc3ccccn3)sc2c1. The third-order valence-electron chi connectivity index (χ3n) is 5.51. The third-order valence-corrected chi connectivity index (χ3v) is 6.55. The summed E-state index contributed by atoms with van der Waals surface area (Å²) in [6.45, 7) is 7.52. The summed E-state index contributed by atoms with van der Waals surface area (Å²) in [5.41, 5.74) is 4.97. The molecule has 2 bridgehead atoms. The van der Waals surface area contributed by atoms with E-state index in [1.54, 1.807) is 0 Å². The van der Waals surface area contributed by atoms with Crippen LogP contribution in [0.15, 0.2) is 36.5 Å². The van der Waals surface area contributed by atoms with Crippen LogP contribution in [0.2, 0.25) is 0 Å². The molecule has 3 aromatic rings. The van der Waals surface area contributed by atoms with Gasteiger partial charge in [0.15, 0.2) is 5.13 Å². The van der Waals surface area contributed by atoms with Crippen molar-refractivity contribution in [2.24, 2.45) is 0 Å². The predicted molar refractivity (Wildman–Crippen MR) is 103 cm³/mol. The molecule has 0 radical (unpaired) electrons. The number of thiazole rings is 1. The van der Waals surface area contributed by atoms with Crippen molar-refractivity contribution in [3.63, 3.8) is 0 Å². The van der Waals surface area contributed by atoms with Crippen LogP contribution in [-0.2, 0) is 6.54 Å². The van der Waals surface area contributed by atoms with E-state index in [-0.39, 0.29) is 0 Å². The van der Waals surface area contributed by atoms with Gasteiger partial charge in [-0.3, -0.25) is 9.88 Å². The van der Waals surface area contributed by atoms with Gasteiger partial charge in [0, 0.05) is 37.9 Å². The van der Waals surface area contributed by atoms with Crippen LogP contribution >= 0.6 is 11.3 Å². The monoisotopic (exact) mass is 350 g/mol. The average molecular weight is 350 g/mol. The lowest BCUT2D eigenvalue weighted by Crippen LogP contribution is -2.46. The van der Waals surface area contributed by atoms with E-state index >= 15 is 0 Å². The largest absolute Gasteiger partial charge is 0.342 e. The normalized spacial score (nSPS) is 23.0. The third kappa shape index (κ3) is 2.62. The molecule has 4 heterocycles. The second kappa shape index (κ2) is 5.78. The number of aromatic nitrogens is 2. The molecule has 0 spiro atoms. The van der Waals surface area contributed by atoms with Crippen molar-refractivity contribution in [2.45, 2.75) is 38.9 Å². The minimum Gasteiger partial charge on any atom is -0.342 e. The molecule has 128 valence electrons. The van der Waals surface area contributed by atoms with Crippen LogP contribution < -0.4 is 4.90 Å². The van der Waals surface area contributed by atoms with Gasteiger partial charge in [-0.05, 0) is 49.6 Å². The molecule has 2 aliphatic rings. The minimum absolute atomic E-state index is 0.593. The van der Waals surface area contributed by atoms with Crippen LogP contribution in [0, 0.1) is 13.8 Å². The van der Waals surface area contributed by atoms with E-state index in [4.69, 9.17) is 4.98 Å². The summed E-state index contributed by atoms with van der Waals surface area (Å²) in [5, 5.41) is 1.20. The molecule has 5 heteroatoms. The molecule has 5 rings (SSSR count). The number of nitrogens with zero attached hydrogens (tertiary/aromatic N) is 4. The highest BCUT2D eigenvalue weighted by molar-refractivity contribution is 7.22. The van der Waals surface area contributed by atoms with Gasteiger partial charge in [-0.15, -0.1) is 0 Å². The quantitative estimate of drug-likeness (QED) is 0.720. The number of anilines is 1. The van der Waals surface area contributed by atoms with E-state index in [1.807, 2.05) is 23.6 Å². The van der Waals surface area contributed by atoms with Gasteiger partial charge in [0.25, 0.3) is 0 Å². The molecule has 0 aliphatic carbocycles. The van der Waals surface area contributed by atoms with Gasteiger partial charge in [0.05, 0.1) is 15.9 Å². The number of fused-ring (bicyclic) bond motifs is 3. The lowest BCUT2D eigenvalue weighted by Gasteiger charge is -2.33. The number of hydrogen-bond donors (Lipinski definition) is 0. The second-order valence-electron chi connectivity index (χ2n) is 7.37. The molecule has 0 amide bonds. The fourth-order valence-electron chi connectivity index (χ4n) is 4.36. The van der Waals surface area contributed by atoms with E-state index in [2.05, 4.69) is 52.9 Å². The maximum atomic E-state index is 4.98. The predicted octanol–water partition coefficient (Wildman–Crippen LogP) is 3.77. The molecular formula is C20H22N4S. The summed E-state index contributed by atoms with van der Waals surface area (Å²) in [6, 6.07) is 11.9. The number of likely N-dealkylation sites (tertiary alicyclic amines) is 1. The lowest BCUT2D eigenvalue weighted by molar-refractivity contribution is 0.228. The van der Waals surface area contributed by atoms with E-state index in [0.717, 1.165) is 19.6 Å². The molecule has 2 saturated heterocycles. The van der Waals surface area contributed by atoms with Crippen LogP contribution in [-0.4, -0.2) is 40.0 Å². The van der Waals surface area contributed by atoms with Gasteiger partial charge in [-0.25, -0.2) is 4.98 Å². The number of pyridine rings is 1. The summed E-state index contributed by atoms with van der Waals surface area (Å²) >= 11 is 1.85. The van der Waals surface area contributed by atoms with Crippen molar-refractivity contribution >= 4 is 26.7 Å². The Bertz CT molecular complexity index is 920. The molecule has 0 N–H and O–H groups in total. The number of hydrogen-bond acceptors (Lipinski definition) is 5. The van der Waals surface area contributed by atoms with Crippen LogP contribution in [0.4, 0.5) is 5.13 Å². The summed E-state index contributed by atoms with van der Waals surface area (Å²) in [6.07, 6.45) is 3.14. The summed E-state index contributed by atoms with van der Waals surface area (Å²) in [7, 11) is 0. The molecule has 2 aliphatic heterocycles. The zero-order chi connectivity index (χ0) is 17.0. The van der Waals surface area contributed by atoms with Crippen molar-refractivity contribution in [1.82, 2.24) is 14.9 Å². The Kier molecular flexibility index (Phi) is 3.54. The number of piperazine rings is 1. The van der Waals surface area contributed by atoms with Crippen molar-refractivity contribution in [1.29, 1.82) is 0 Å². The Labute approximate surface area is 152 Å². The highest BCUT2D eigenvalue weighted by Gasteiger charge is 2.44. The maximum Gasteiger partial charge on any atom is 0.186 e. The highest BCUT2D eigenvalue weighted by Crippen LogP contribution is 2.39. The first kappa shape index (κ1) is 15.3. The number of rotatable bonds is 3. The Morgan fingerprint density at radius 1 is 1.16 bits per heavy atom. The fourth-order valence-corrected chi connectivity index (χ4v) is 5.58. The zero-order valence-corrected chi connectivity index (χ0v) is 15.5. The Balaban J connectivity index is 1.36. The van der Waals surface area contributed by atoms with Crippen LogP contribution in [0.25, 0.3) is 10.2 Å². The molecule has 2 atom stereocenters. The van der Waals surface area contributed by atoms with Crippen molar-refractivity contribution in [3.05, 3.63) is 53.3 Å². The van der Waals surface area contributed by atoms with Crippen molar-refractivity contribution in [3.8, 4) is 0 Å². The van der Waals surface area contributed by atoms with Gasteiger partial charge >= 0.3 is 0 Å². The topological polar surface area (TPSA) is 32.3 Å². The first-order valence-electron chi connectivity index (χ1n) is 8.96. The van der Waals surface area contributed by atoms with E-state index in [1.165, 1.54) is 38.6 Å². The molecule has 2 fully saturated rings. The molecular weight excluding hydrogens is 328 g/mol. The van der Waals surface area contributed by atoms with E-state index in [9.17, 15) is 0 Å². The smallest absolute Gasteiger partial charge is 0.186 e. The summed E-state index contributed by atoms with van der Waals surface area (Å²) < 4.78 is 1.32. The first-order valence-corrected chi connectivity index (χ1v) is 9.77. The minimum atomic E-state index is 0.593. The van der Waals surface area contributed by atoms with Gasteiger partial charge in [0.1, 0.15) is 0 Å². The number of aryl methyl sites for hydroxylation is 2. The molecule has 25 heavy (non-hydrogen) atoms. The van der Waals surface area contributed by atoms with Crippen LogP contribution in [0.1, 0.15) is 23.2 Å². The zero-order valence-electron chi connectivity index (χ0n) is 14.6. The number of benzene rings is 1. The molecule has 2 unspecified atom stereocenters. The van der Waals surface area contributed by atoms with Gasteiger partial charge < -0.3 is 4.90 Å². The molecule has 2 aromatic heterocycles. The average Bonchev–Trinajstić information content (AvgIpc) is 3.28. The molecule has 4 nitrogen and oxygen atoms in total. The second-order valence-corrected chi connectivity index (χ2v) is 8.38. The van der Waals surface area contributed by atoms with Gasteiger partial charge in [-0.1, -0.05) is 23.5 Å². The summed E-state index contributed by atoms with van der Waals surface area (Å²) in [4.78, 5) is 14.6. The van der Waals surface area contributed by atoms with Gasteiger partial charge in [-0.2, -0.15) is 0 Å². The first-order chi connectivity index (χ1) is 12.2. The Morgan fingerprint density at radius 3 is 2.84 bits per heavy atom. The van der Waals surface area contributed by atoms with Crippen LogP contribution in [0.5, 0.6) is 0 Å². The highest BCUT2D eigenvalue weighted by atomic mass is 32.1. The Hall–Kier alpha value is -1.98. The van der Waals surface area contributed by atoms with Crippen molar-refractivity contribution < 1.29 is 0 Å². The van der Waals surface area contributed by atoms with Crippen molar-refractivity contribution in [2.75, 3.05) is 18.0 Å². The lowest BCUT2D eigenvalue weighted by atomic mass is 10.1. The molecule has 0 saturated carbocycles.